The molecule has 0 fully saturated rings. The summed E-state index contributed by atoms with van der Waals surface area (Å²) < 4.78 is 6.67. The Hall–Kier alpha value is -2.25. The minimum atomic E-state index is -0.207. The molecule has 7 heteroatoms. The number of amides is 1. The van der Waals surface area contributed by atoms with E-state index in [0.29, 0.717) is 18.8 Å². The minimum absolute atomic E-state index is 0.00201. The molecule has 0 spiro atoms. The molecule has 7 nitrogen and oxygen atoms in total. The Balaban J connectivity index is 1.90. The van der Waals surface area contributed by atoms with Crippen molar-refractivity contribution in [3.8, 4) is 5.69 Å². The molecule has 0 saturated carbocycles. The number of nitrogens with one attached hydrogen (secondary N) is 1. The van der Waals surface area contributed by atoms with Gasteiger partial charge in [-0.25, -0.2) is 9.67 Å². The van der Waals surface area contributed by atoms with E-state index in [1.165, 1.54) is 6.33 Å². The van der Waals surface area contributed by atoms with Crippen molar-refractivity contribution in [2.24, 2.45) is 5.73 Å². The molecule has 19 heavy (non-hydrogen) atoms. The Morgan fingerprint density at radius 3 is 2.79 bits per heavy atom. The summed E-state index contributed by atoms with van der Waals surface area (Å²) >= 11 is 0. The summed E-state index contributed by atoms with van der Waals surface area (Å²) in [4.78, 5) is 15.4. The number of carbonyl (C=O) groups is 1. The maximum atomic E-state index is 11.5. The number of aromatic nitrogens is 3. The lowest BCUT2D eigenvalue weighted by atomic mass is 10.3. The predicted molar refractivity (Wildman–Crippen MR) is 69.9 cm³/mol. The molecule has 0 aliphatic rings. The van der Waals surface area contributed by atoms with Gasteiger partial charge in [-0.15, -0.1) is 0 Å². The van der Waals surface area contributed by atoms with Crippen LogP contribution < -0.4 is 11.1 Å². The zero-order valence-corrected chi connectivity index (χ0v) is 10.3. The lowest BCUT2D eigenvalue weighted by molar-refractivity contribution is -0.120. The predicted octanol–water partition coefficient (Wildman–Crippen LogP) is 0.181. The topological polar surface area (TPSA) is 95.1 Å². The van der Waals surface area contributed by atoms with Gasteiger partial charge in [0.1, 0.15) is 19.3 Å². The van der Waals surface area contributed by atoms with Gasteiger partial charge in [-0.3, -0.25) is 4.79 Å². The molecule has 0 aliphatic carbocycles. The summed E-state index contributed by atoms with van der Waals surface area (Å²) in [7, 11) is 0. The van der Waals surface area contributed by atoms with E-state index in [-0.39, 0.29) is 12.5 Å². The van der Waals surface area contributed by atoms with Crippen molar-refractivity contribution in [2.45, 2.75) is 0 Å². The summed E-state index contributed by atoms with van der Waals surface area (Å²) in [6, 6.07) is 7.26. The van der Waals surface area contributed by atoms with Gasteiger partial charge >= 0.3 is 0 Å². The van der Waals surface area contributed by atoms with Crippen LogP contribution in [-0.2, 0) is 9.53 Å². The molecule has 1 heterocycles. The Labute approximate surface area is 110 Å². The van der Waals surface area contributed by atoms with Crippen LogP contribution in [0.4, 0.5) is 5.69 Å². The lowest BCUT2D eigenvalue weighted by Crippen LogP contribution is -2.20. The van der Waals surface area contributed by atoms with E-state index in [4.69, 9.17) is 10.5 Å². The second kappa shape index (κ2) is 6.62. The average Bonchev–Trinajstić information content (AvgIpc) is 2.94. The van der Waals surface area contributed by atoms with Gasteiger partial charge in [0.2, 0.25) is 5.91 Å². The number of ether oxygens (including phenoxy) is 1. The van der Waals surface area contributed by atoms with Crippen LogP contribution in [0.3, 0.4) is 0 Å². The van der Waals surface area contributed by atoms with Crippen molar-refractivity contribution in [3.63, 3.8) is 0 Å². The second-order valence-electron chi connectivity index (χ2n) is 3.78. The van der Waals surface area contributed by atoms with Crippen molar-refractivity contribution in [2.75, 3.05) is 25.1 Å². The number of hydrogen-bond donors (Lipinski definition) is 2. The zero-order chi connectivity index (χ0) is 13.5. The first-order valence-electron chi connectivity index (χ1n) is 5.82. The number of hydrogen-bond acceptors (Lipinski definition) is 5. The summed E-state index contributed by atoms with van der Waals surface area (Å²) in [6.45, 7) is 0.778. The summed E-state index contributed by atoms with van der Waals surface area (Å²) in [5.41, 5.74) is 6.83. The number of nitrogens with two attached hydrogens (primary N) is 1. The Kier molecular flexibility index (Phi) is 4.60. The normalized spacial score (nSPS) is 10.4. The molecule has 0 bridgehead atoms. The van der Waals surface area contributed by atoms with Crippen molar-refractivity contribution in [1.82, 2.24) is 14.8 Å². The fourth-order valence-corrected chi connectivity index (χ4v) is 1.48. The number of rotatable bonds is 6. The molecule has 1 aromatic heterocycles. The van der Waals surface area contributed by atoms with E-state index < -0.39 is 0 Å². The number of carbonyl (C=O) groups excluding carboxylic acids is 1. The van der Waals surface area contributed by atoms with Crippen LogP contribution in [0.2, 0.25) is 0 Å². The van der Waals surface area contributed by atoms with Gasteiger partial charge in [0, 0.05) is 12.2 Å². The molecule has 2 aromatic rings. The van der Waals surface area contributed by atoms with E-state index in [9.17, 15) is 4.79 Å². The SMILES string of the molecule is NCCOCC(=O)Nc1ccc(-n2cncn2)cc1. The third-order valence-electron chi connectivity index (χ3n) is 2.33. The molecule has 0 saturated heterocycles. The molecular formula is C12H15N5O2. The van der Waals surface area contributed by atoms with Crippen molar-refractivity contribution in [3.05, 3.63) is 36.9 Å². The summed E-state index contributed by atoms with van der Waals surface area (Å²) in [5.74, 6) is -0.207. The number of anilines is 1. The summed E-state index contributed by atoms with van der Waals surface area (Å²) in [6.07, 6.45) is 3.07. The van der Waals surface area contributed by atoms with E-state index >= 15 is 0 Å². The smallest absolute Gasteiger partial charge is 0.250 e. The van der Waals surface area contributed by atoms with Gasteiger partial charge in [0.15, 0.2) is 0 Å². The second-order valence-corrected chi connectivity index (χ2v) is 3.78. The molecule has 0 unspecified atom stereocenters. The first kappa shape index (κ1) is 13.2. The van der Waals surface area contributed by atoms with Crippen LogP contribution in [0, 0.1) is 0 Å². The first-order valence-corrected chi connectivity index (χ1v) is 5.82. The fourth-order valence-electron chi connectivity index (χ4n) is 1.48. The maximum absolute atomic E-state index is 11.5. The molecule has 3 N–H and O–H groups in total. The van der Waals surface area contributed by atoms with E-state index in [1.807, 2.05) is 12.1 Å². The van der Waals surface area contributed by atoms with Crippen LogP contribution in [0.5, 0.6) is 0 Å². The maximum Gasteiger partial charge on any atom is 0.250 e. The monoisotopic (exact) mass is 261 g/mol. The molecule has 0 atom stereocenters. The third-order valence-corrected chi connectivity index (χ3v) is 2.33. The molecule has 0 aliphatic heterocycles. The van der Waals surface area contributed by atoms with Crippen LogP contribution in [0.1, 0.15) is 0 Å². The average molecular weight is 261 g/mol. The van der Waals surface area contributed by atoms with Crippen molar-refractivity contribution in [1.29, 1.82) is 0 Å². The number of nitrogens with zero attached hydrogens (tertiary/aromatic N) is 3. The van der Waals surface area contributed by atoms with Crippen LogP contribution in [0.15, 0.2) is 36.9 Å². The third kappa shape index (κ3) is 3.87. The molecule has 0 radical (unpaired) electrons. The molecule has 1 amide bonds. The van der Waals surface area contributed by atoms with Gasteiger partial charge in [0.05, 0.1) is 12.3 Å². The lowest BCUT2D eigenvalue weighted by Gasteiger charge is -2.06. The van der Waals surface area contributed by atoms with Crippen molar-refractivity contribution >= 4 is 11.6 Å². The van der Waals surface area contributed by atoms with Gasteiger partial charge in [-0.05, 0) is 24.3 Å². The zero-order valence-electron chi connectivity index (χ0n) is 10.3. The van der Waals surface area contributed by atoms with Gasteiger partial charge in [0.25, 0.3) is 0 Å². The van der Waals surface area contributed by atoms with Crippen LogP contribution in [-0.4, -0.2) is 40.4 Å². The van der Waals surface area contributed by atoms with Gasteiger partial charge in [-0.2, -0.15) is 5.10 Å². The Morgan fingerprint density at radius 1 is 1.37 bits per heavy atom. The van der Waals surface area contributed by atoms with Crippen LogP contribution in [0.25, 0.3) is 5.69 Å². The first-order chi connectivity index (χ1) is 9.29. The molecule has 2 rings (SSSR count). The highest BCUT2D eigenvalue weighted by molar-refractivity contribution is 5.91. The van der Waals surface area contributed by atoms with E-state index in [0.717, 1.165) is 5.69 Å². The Morgan fingerprint density at radius 2 is 2.16 bits per heavy atom. The quantitative estimate of drug-likeness (QED) is 0.723. The molecular weight excluding hydrogens is 246 g/mol. The standard InChI is InChI=1S/C12H15N5O2/c13-5-6-19-7-12(18)16-10-1-3-11(4-2-10)17-9-14-8-15-17/h1-4,8-9H,5-7,13H2,(H,16,18). The summed E-state index contributed by atoms with van der Waals surface area (Å²) in [5, 5.41) is 6.74. The highest BCUT2D eigenvalue weighted by Crippen LogP contribution is 2.11. The van der Waals surface area contributed by atoms with E-state index in [1.54, 1.807) is 23.1 Å². The highest BCUT2D eigenvalue weighted by Gasteiger charge is 2.03. The number of benzene rings is 1. The van der Waals surface area contributed by atoms with Gasteiger partial charge < -0.3 is 15.8 Å². The molecule has 1 aromatic carbocycles. The van der Waals surface area contributed by atoms with Crippen LogP contribution >= 0.6 is 0 Å². The largest absolute Gasteiger partial charge is 0.370 e. The Bertz CT molecular complexity index is 509. The van der Waals surface area contributed by atoms with E-state index in [2.05, 4.69) is 15.4 Å². The van der Waals surface area contributed by atoms with Crippen molar-refractivity contribution < 1.29 is 9.53 Å². The molecule has 100 valence electrons. The highest BCUT2D eigenvalue weighted by atomic mass is 16.5. The van der Waals surface area contributed by atoms with Gasteiger partial charge in [-0.1, -0.05) is 0 Å². The minimum Gasteiger partial charge on any atom is -0.370 e. The fraction of sp³-hybridized carbons (Fsp3) is 0.250.